The van der Waals surface area contributed by atoms with Crippen LogP contribution in [-0.2, 0) is 4.74 Å². The second-order valence-electron chi connectivity index (χ2n) is 5.81. The van der Waals surface area contributed by atoms with Crippen molar-refractivity contribution in [3.63, 3.8) is 0 Å². The lowest BCUT2D eigenvalue weighted by molar-refractivity contribution is 0.0857. The fourth-order valence-electron chi connectivity index (χ4n) is 2.55. The number of carbonyl (C=O) groups is 2. The van der Waals surface area contributed by atoms with Crippen LogP contribution < -0.4 is 16.0 Å². The second-order valence-corrected chi connectivity index (χ2v) is 7.16. The number of benzene rings is 1. The minimum atomic E-state index is -0.248. The minimum Gasteiger partial charge on any atom is -0.376 e. The molecule has 2 heterocycles. The molecule has 2 aromatic rings. The molecule has 6 nitrogen and oxygen atoms in total. The highest BCUT2D eigenvalue weighted by atomic mass is 32.1. The lowest BCUT2D eigenvalue weighted by atomic mass is 10.2. The van der Waals surface area contributed by atoms with Gasteiger partial charge in [0.15, 0.2) is 5.11 Å². The molecule has 3 rings (SSSR count). The fraction of sp³-hybridized carbons (Fsp3) is 0.278. The molecule has 0 bridgehead atoms. The molecule has 1 unspecified atom stereocenters. The van der Waals surface area contributed by atoms with Gasteiger partial charge in [0.25, 0.3) is 11.8 Å². The first kappa shape index (κ1) is 18.5. The third kappa shape index (κ3) is 5.10. The lowest BCUT2D eigenvalue weighted by Crippen LogP contribution is -2.33. The zero-order valence-electron chi connectivity index (χ0n) is 14.0. The zero-order valence-corrected chi connectivity index (χ0v) is 15.6. The number of nitrogens with one attached hydrogen (secondary N) is 3. The summed E-state index contributed by atoms with van der Waals surface area (Å²) in [5, 5.41) is 10.5. The predicted molar refractivity (Wildman–Crippen MR) is 106 cm³/mol. The third-order valence-electron chi connectivity index (χ3n) is 3.89. The van der Waals surface area contributed by atoms with E-state index < -0.39 is 0 Å². The zero-order chi connectivity index (χ0) is 18.4. The molecular formula is C18H19N3O3S2. The van der Waals surface area contributed by atoms with Crippen molar-refractivity contribution in [3.8, 4) is 0 Å². The third-order valence-corrected chi connectivity index (χ3v) is 4.96. The standard InChI is InChI=1S/C18H19N3O3S2/c22-16(19-11-14-3-1-9-24-14)12-5-7-13(8-6-12)20-18(25)21-17(23)15-4-2-10-26-15/h2,4-8,10,14H,1,3,9,11H2,(H,19,22)(H2,20,21,23,25). The Morgan fingerprint density at radius 3 is 2.65 bits per heavy atom. The highest BCUT2D eigenvalue weighted by molar-refractivity contribution is 7.80. The van der Waals surface area contributed by atoms with Crippen LogP contribution in [0.5, 0.6) is 0 Å². The van der Waals surface area contributed by atoms with Crippen LogP contribution in [0, 0.1) is 0 Å². The summed E-state index contributed by atoms with van der Waals surface area (Å²) in [5.74, 6) is -0.386. The highest BCUT2D eigenvalue weighted by Gasteiger charge is 2.16. The highest BCUT2D eigenvalue weighted by Crippen LogP contribution is 2.13. The molecule has 8 heteroatoms. The molecule has 26 heavy (non-hydrogen) atoms. The van der Waals surface area contributed by atoms with E-state index in [-0.39, 0.29) is 23.0 Å². The topological polar surface area (TPSA) is 79.5 Å². The maximum absolute atomic E-state index is 12.1. The van der Waals surface area contributed by atoms with Gasteiger partial charge >= 0.3 is 0 Å². The first-order valence-electron chi connectivity index (χ1n) is 8.27. The van der Waals surface area contributed by atoms with E-state index >= 15 is 0 Å². The lowest BCUT2D eigenvalue weighted by Gasteiger charge is -2.12. The van der Waals surface area contributed by atoms with Gasteiger partial charge in [-0.15, -0.1) is 11.3 Å². The largest absolute Gasteiger partial charge is 0.376 e. The van der Waals surface area contributed by atoms with Crippen LogP contribution in [0.1, 0.15) is 32.9 Å². The van der Waals surface area contributed by atoms with Gasteiger partial charge in [0.05, 0.1) is 11.0 Å². The molecular weight excluding hydrogens is 370 g/mol. The van der Waals surface area contributed by atoms with E-state index in [9.17, 15) is 9.59 Å². The van der Waals surface area contributed by atoms with Crippen molar-refractivity contribution in [2.75, 3.05) is 18.5 Å². The molecule has 1 aliphatic heterocycles. The predicted octanol–water partition coefficient (Wildman–Crippen LogP) is 2.78. The van der Waals surface area contributed by atoms with E-state index in [1.165, 1.54) is 11.3 Å². The van der Waals surface area contributed by atoms with Gasteiger partial charge in [-0.05, 0) is 60.8 Å². The summed E-state index contributed by atoms with van der Waals surface area (Å²) in [5.41, 5.74) is 1.25. The molecule has 0 saturated carbocycles. The number of hydrogen-bond donors (Lipinski definition) is 3. The normalized spacial score (nSPS) is 16.1. The Labute approximate surface area is 160 Å². The van der Waals surface area contributed by atoms with Gasteiger partial charge in [-0.2, -0.15) is 0 Å². The Balaban J connectivity index is 1.48. The summed E-state index contributed by atoms with van der Waals surface area (Å²) in [7, 11) is 0. The summed E-state index contributed by atoms with van der Waals surface area (Å²) in [4.78, 5) is 24.7. The van der Waals surface area contributed by atoms with Crippen LogP contribution in [0.2, 0.25) is 0 Å². The fourth-order valence-corrected chi connectivity index (χ4v) is 3.38. The van der Waals surface area contributed by atoms with Gasteiger partial charge in [-0.25, -0.2) is 0 Å². The molecule has 1 saturated heterocycles. The number of anilines is 1. The molecule has 1 atom stereocenters. The average molecular weight is 390 g/mol. The average Bonchev–Trinajstić information content (AvgIpc) is 3.34. The van der Waals surface area contributed by atoms with Crippen molar-refractivity contribution < 1.29 is 14.3 Å². The molecule has 0 aliphatic carbocycles. The molecule has 2 amide bonds. The Morgan fingerprint density at radius 1 is 1.19 bits per heavy atom. The first-order chi connectivity index (χ1) is 12.6. The van der Waals surface area contributed by atoms with Crippen LogP contribution in [0.25, 0.3) is 0 Å². The monoisotopic (exact) mass is 389 g/mol. The molecule has 1 fully saturated rings. The smallest absolute Gasteiger partial charge is 0.267 e. The minimum absolute atomic E-state index is 0.115. The number of hydrogen-bond acceptors (Lipinski definition) is 5. The van der Waals surface area contributed by atoms with E-state index in [1.807, 2.05) is 5.38 Å². The van der Waals surface area contributed by atoms with Crippen molar-refractivity contribution in [2.45, 2.75) is 18.9 Å². The maximum Gasteiger partial charge on any atom is 0.267 e. The molecule has 1 aromatic carbocycles. The van der Waals surface area contributed by atoms with E-state index in [4.69, 9.17) is 17.0 Å². The van der Waals surface area contributed by atoms with Gasteiger partial charge in [0, 0.05) is 24.4 Å². The van der Waals surface area contributed by atoms with Crippen LogP contribution >= 0.6 is 23.6 Å². The summed E-state index contributed by atoms with van der Waals surface area (Å²) in [6.45, 7) is 1.29. The van der Waals surface area contributed by atoms with Crippen LogP contribution in [-0.4, -0.2) is 36.2 Å². The summed E-state index contributed by atoms with van der Waals surface area (Å²) < 4.78 is 5.49. The van der Waals surface area contributed by atoms with Crippen molar-refractivity contribution in [1.29, 1.82) is 0 Å². The maximum atomic E-state index is 12.1. The second kappa shape index (κ2) is 8.88. The summed E-state index contributed by atoms with van der Waals surface area (Å²) in [6, 6.07) is 10.4. The Hall–Kier alpha value is -2.29. The number of thiophene rings is 1. The van der Waals surface area contributed by atoms with E-state index in [0.29, 0.717) is 22.7 Å². The van der Waals surface area contributed by atoms with Crippen LogP contribution in [0.15, 0.2) is 41.8 Å². The SMILES string of the molecule is O=C(NCC1CCCO1)c1ccc(NC(=S)NC(=O)c2cccs2)cc1. The van der Waals surface area contributed by atoms with Crippen molar-refractivity contribution in [3.05, 3.63) is 52.2 Å². The molecule has 0 spiro atoms. The summed E-state index contributed by atoms with van der Waals surface area (Å²) in [6.07, 6.45) is 2.14. The van der Waals surface area contributed by atoms with E-state index in [1.54, 1.807) is 36.4 Å². The van der Waals surface area contributed by atoms with Gasteiger partial charge in [-0.3, -0.25) is 14.9 Å². The van der Waals surface area contributed by atoms with Gasteiger partial charge in [0.1, 0.15) is 0 Å². The molecule has 3 N–H and O–H groups in total. The van der Waals surface area contributed by atoms with Crippen LogP contribution in [0.4, 0.5) is 5.69 Å². The van der Waals surface area contributed by atoms with Crippen molar-refractivity contribution >= 4 is 46.2 Å². The number of ether oxygens (including phenoxy) is 1. The Bertz CT molecular complexity index is 769. The Kier molecular flexibility index (Phi) is 6.32. The molecule has 1 aliphatic rings. The van der Waals surface area contributed by atoms with E-state index in [2.05, 4.69) is 16.0 Å². The quantitative estimate of drug-likeness (QED) is 0.686. The van der Waals surface area contributed by atoms with E-state index in [0.717, 1.165) is 19.4 Å². The number of thiocarbonyl (C=S) groups is 1. The molecule has 136 valence electrons. The van der Waals surface area contributed by atoms with Gasteiger partial charge in [-0.1, -0.05) is 6.07 Å². The number of rotatable bonds is 5. The molecule has 1 aromatic heterocycles. The van der Waals surface area contributed by atoms with Crippen LogP contribution in [0.3, 0.4) is 0 Å². The number of amides is 2. The first-order valence-corrected chi connectivity index (χ1v) is 9.56. The summed E-state index contributed by atoms with van der Waals surface area (Å²) >= 11 is 6.49. The molecule has 0 radical (unpaired) electrons. The Morgan fingerprint density at radius 2 is 2.00 bits per heavy atom. The van der Waals surface area contributed by atoms with Gasteiger partial charge in [0.2, 0.25) is 0 Å². The van der Waals surface area contributed by atoms with Gasteiger partial charge < -0.3 is 15.4 Å². The number of carbonyl (C=O) groups excluding carboxylic acids is 2. The van der Waals surface area contributed by atoms with Crippen molar-refractivity contribution in [1.82, 2.24) is 10.6 Å². The van der Waals surface area contributed by atoms with Crippen molar-refractivity contribution in [2.24, 2.45) is 0 Å².